The number of nitrogens with one attached hydrogen (secondary N) is 2. The largest absolute Gasteiger partial charge is 0.349 e. The first kappa shape index (κ1) is 23.3. The number of hydrogen-bond donors (Lipinski definition) is 2. The molecule has 0 atom stereocenters. The molecule has 3 rings (SSSR count). The van der Waals surface area contributed by atoms with E-state index in [0.29, 0.717) is 0 Å². The van der Waals surface area contributed by atoms with Crippen molar-refractivity contribution in [2.75, 3.05) is 11.4 Å². The van der Waals surface area contributed by atoms with Crippen molar-refractivity contribution in [3.63, 3.8) is 0 Å². The first-order valence-electron chi connectivity index (χ1n) is 10.4. The molecule has 2 N–H and O–H groups in total. The number of amides is 1. The van der Waals surface area contributed by atoms with Gasteiger partial charge in [-0.15, -0.1) is 0 Å². The minimum Gasteiger partial charge on any atom is -0.349 e. The van der Waals surface area contributed by atoms with Gasteiger partial charge in [-0.1, -0.05) is 17.7 Å². The van der Waals surface area contributed by atoms with Crippen LogP contribution >= 0.6 is 0 Å². The van der Waals surface area contributed by atoms with Gasteiger partial charge in [-0.25, -0.2) is 8.42 Å². The van der Waals surface area contributed by atoms with E-state index in [1.807, 2.05) is 6.92 Å². The molecule has 1 saturated heterocycles. The molecular formula is C22H33N5O3S. The van der Waals surface area contributed by atoms with Crippen molar-refractivity contribution in [3.8, 4) is 0 Å². The third kappa shape index (κ3) is 4.93. The smallest absolute Gasteiger partial charge is 0.265 e. The van der Waals surface area contributed by atoms with E-state index >= 15 is 0 Å². The van der Waals surface area contributed by atoms with Crippen molar-refractivity contribution in [2.45, 2.75) is 69.5 Å². The highest BCUT2D eigenvalue weighted by Gasteiger charge is 2.39. The highest BCUT2D eigenvalue weighted by molar-refractivity contribution is 7.92. The Morgan fingerprint density at radius 1 is 1.16 bits per heavy atom. The van der Waals surface area contributed by atoms with Crippen LogP contribution in [-0.2, 0) is 17.1 Å². The predicted molar refractivity (Wildman–Crippen MR) is 122 cm³/mol. The molecule has 1 aromatic carbocycles. The highest BCUT2D eigenvalue weighted by Crippen LogP contribution is 2.30. The molecule has 1 fully saturated rings. The summed E-state index contributed by atoms with van der Waals surface area (Å²) in [5.74, 6) is -0.0990. The van der Waals surface area contributed by atoms with Crippen molar-refractivity contribution in [1.82, 2.24) is 20.4 Å². The van der Waals surface area contributed by atoms with Crippen LogP contribution in [0.25, 0.3) is 0 Å². The Morgan fingerprint density at radius 2 is 1.71 bits per heavy atom. The van der Waals surface area contributed by atoms with Gasteiger partial charge in [0.1, 0.15) is 5.56 Å². The van der Waals surface area contributed by atoms with Gasteiger partial charge in [-0.3, -0.25) is 13.8 Å². The number of carbonyl (C=O) groups is 1. The lowest BCUT2D eigenvalue weighted by atomic mass is 9.79. The molecule has 170 valence electrons. The SMILES string of the molecule is Cc1ccc(S(=O)(=O)N(C)c2c(C(=O)NC3CC(C)(C)NC(C)(C)C3)cnn2C)cc1. The summed E-state index contributed by atoms with van der Waals surface area (Å²) in [5, 5.41) is 10.9. The first-order chi connectivity index (χ1) is 14.2. The Labute approximate surface area is 185 Å². The maximum absolute atomic E-state index is 13.2. The lowest BCUT2D eigenvalue weighted by Crippen LogP contribution is -2.62. The van der Waals surface area contributed by atoms with Crippen LogP contribution in [0.4, 0.5) is 5.82 Å². The summed E-state index contributed by atoms with van der Waals surface area (Å²) in [6.45, 7) is 10.4. The molecule has 0 aliphatic carbocycles. The second-order valence-corrected chi connectivity index (χ2v) is 11.7. The molecule has 0 saturated carbocycles. The van der Waals surface area contributed by atoms with Gasteiger partial charge in [0, 0.05) is 31.2 Å². The predicted octanol–water partition coefficient (Wildman–Crippen LogP) is 2.59. The Morgan fingerprint density at radius 3 is 2.26 bits per heavy atom. The molecule has 2 heterocycles. The number of hydrogen-bond acceptors (Lipinski definition) is 5. The molecule has 1 amide bonds. The third-order valence-electron chi connectivity index (χ3n) is 5.66. The van der Waals surface area contributed by atoms with E-state index in [9.17, 15) is 13.2 Å². The van der Waals surface area contributed by atoms with Crippen LogP contribution in [0.2, 0.25) is 0 Å². The Balaban J connectivity index is 1.88. The number of anilines is 1. The summed E-state index contributed by atoms with van der Waals surface area (Å²) in [6.07, 6.45) is 2.97. The van der Waals surface area contributed by atoms with E-state index in [-0.39, 0.29) is 39.3 Å². The lowest BCUT2D eigenvalue weighted by Gasteiger charge is -2.46. The summed E-state index contributed by atoms with van der Waals surface area (Å²) >= 11 is 0. The summed E-state index contributed by atoms with van der Waals surface area (Å²) in [4.78, 5) is 13.3. The molecule has 0 unspecified atom stereocenters. The fourth-order valence-electron chi connectivity index (χ4n) is 4.63. The van der Waals surface area contributed by atoms with Gasteiger partial charge in [-0.05, 0) is 59.6 Å². The zero-order valence-electron chi connectivity index (χ0n) is 19.4. The van der Waals surface area contributed by atoms with E-state index < -0.39 is 10.0 Å². The van der Waals surface area contributed by atoms with E-state index in [2.05, 4.69) is 43.4 Å². The van der Waals surface area contributed by atoms with Gasteiger partial charge in [0.25, 0.3) is 15.9 Å². The van der Waals surface area contributed by atoms with Crippen LogP contribution in [0.1, 0.15) is 56.5 Å². The Hall–Kier alpha value is -2.39. The van der Waals surface area contributed by atoms with Crippen molar-refractivity contribution < 1.29 is 13.2 Å². The first-order valence-corrected chi connectivity index (χ1v) is 11.8. The average molecular weight is 448 g/mol. The van der Waals surface area contributed by atoms with Gasteiger partial charge in [-0.2, -0.15) is 5.10 Å². The fourth-order valence-corrected chi connectivity index (χ4v) is 5.87. The zero-order valence-corrected chi connectivity index (χ0v) is 20.2. The number of rotatable bonds is 5. The number of benzene rings is 1. The average Bonchev–Trinajstić information content (AvgIpc) is 3.00. The summed E-state index contributed by atoms with van der Waals surface area (Å²) in [7, 11) is -0.772. The topological polar surface area (TPSA) is 96.3 Å². The normalized spacial score (nSPS) is 18.5. The number of sulfonamides is 1. The van der Waals surface area contributed by atoms with Crippen LogP contribution in [0.3, 0.4) is 0 Å². The summed E-state index contributed by atoms with van der Waals surface area (Å²) < 4.78 is 28.9. The molecule has 0 spiro atoms. The minimum absolute atomic E-state index is 0.0363. The van der Waals surface area contributed by atoms with Crippen LogP contribution < -0.4 is 14.9 Å². The van der Waals surface area contributed by atoms with Gasteiger partial charge in [0.2, 0.25) is 0 Å². The van der Waals surface area contributed by atoms with Crippen molar-refractivity contribution in [3.05, 3.63) is 41.6 Å². The van der Waals surface area contributed by atoms with Crippen molar-refractivity contribution >= 4 is 21.7 Å². The molecule has 1 aromatic heterocycles. The fraction of sp³-hybridized carbons (Fsp3) is 0.545. The van der Waals surface area contributed by atoms with Gasteiger partial charge >= 0.3 is 0 Å². The maximum Gasteiger partial charge on any atom is 0.265 e. The molecule has 0 bridgehead atoms. The zero-order chi connectivity index (χ0) is 23.2. The molecular weight excluding hydrogens is 414 g/mol. The lowest BCUT2D eigenvalue weighted by molar-refractivity contribution is 0.0874. The molecule has 31 heavy (non-hydrogen) atoms. The van der Waals surface area contributed by atoms with E-state index in [4.69, 9.17) is 0 Å². The van der Waals surface area contributed by atoms with Gasteiger partial charge in [0.15, 0.2) is 5.82 Å². The number of aryl methyl sites for hydroxylation is 2. The van der Waals surface area contributed by atoms with Gasteiger partial charge < -0.3 is 10.6 Å². The summed E-state index contributed by atoms with van der Waals surface area (Å²) in [6, 6.07) is 6.59. The van der Waals surface area contributed by atoms with Crippen molar-refractivity contribution in [1.29, 1.82) is 0 Å². The van der Waals surface area contributed by atoms with Crippen LogP contribution in [0.15, 0.2) is 35.4 Å². The Bertz CT molecular complexity index is 1060. The molecule has 1 aliphatic rings. The van der Waals surface area contributed by atoms with Crippen molar-refractivity contribution in [2.24, 2.45) is 7.05 Å². The number of aromatic nitrogens is 2. The third-order valence-corrected chi connectivity index (χ3v) is 7.42. The second kappa shape index (κ2) is 7.94. The Kier molecular flexibility index (Phi) is 5.96. The van der Waals surface area contributed by atoms with E-state index in [1.54, 1.807) is 31.3 Å². The highest BCUT2D eigenvalue weighted by atomic mass is 32.2. The minimum atomic E-state index is -3.84. The van der Waals surface area contributed by atoms with Crippen LogP contribution in [0, 0.1) is 6.92 Å². The molecule has 1 aliphatic heterocycles. The summed E-state index contributed by atoms with van der Waals surface area (Å²) in [5.41, 5.74) is 0.955. The molecule has 2 aromatic rings. The molecule has 0 radical (unpaired) electrons. The van der Waals surface area contributed by atoms with Crippen LogP contribution in [-0.4, -0.2) is 48.3 Å². The molecule has 8 nitrogen and oxygen atoms in total. The number of carbonyl (C=O) groups excluding carboxylic acids is 1. The molecule has 9 heteroatoms. The quantitative estimate of drug-likeness (QED) is 0.734. The van der Waals surface area contributed by atoms with Gasteiger partial charge in [0.05, 0.1) is 11.1 Å². The number of nitrogens with zero attached hydrogens (tertiary/aromatic N) is 3. The van der Waals surface area contributed by atoms with Crippen LogP contribution in [0.5, 0.6) is 0 Å². The van der Waals surface area contributed by atoms with E-state index in [1.165, 1.54) is 17.9 Å². The standard InChI is InChI=1S/C22H33N5O3S/c1-15-8-10-17(11-9-15)31(29,30)27(7)20-18(14-23-26(20)6)19(28)24-16-12-21(2,3)25-22(4,5)13-16/h8-11,14,16,25H,12-13H2,1-7H3,(H,24,28). The second-order valence-electron chi connectivity index (χ2n) is 9.76. The van der Waals surface area contributed by atoms with E-state index in [0.717, 1.165) is 22.7 Å². The number of piperidine rings is 1. The maximum atomic E-state index is 13.2. The monoisotopic (exact) mass is 447 g/mol.